The monoisotopic (exact) mass is 430 g/mol. The van der Waals surface area contributed by atoms with Crippen molar-refractivity contribution in [2.45, 2.75) is 58.8 Å². The Morgan fingerprint density at radius 3 is 2.66 bits per heavy atom. The Balaban J connectivity index is 1.68. The molecule has 1 fully saturated rings. The summed E-state index contributed by atoms with van der Waals surface area (Å²) < 4.78 is 11.3. The van der Waals surface area contributed by atoms with Crippen molar-refractivity contribution in [2.24, 2.45) is 5.92 Å². The average molecular weight is 431 g/mol. The van der Waals surface area contributed by atoms with E-state index in [1.807, 2.05) is 13.8 Å². The first-order valence-corrected chi connectivity index (χ1v) is 11.6. The topological polar surface area (TPSA) is 35.5 Å². The number of esters is 1. The molecular formula is C29H34O3. The molecule has 168 valence electrons. The number of allylic oxidation sites excluding steroid dienone is 3. The molecule has 1 aliphatic heterocycles. The highest BCUT2D eigenvalue weighted by molar-refractivity contribution is 5.83. The van der Waals surface area contributed by atoms with Gasteiger partial charge in [-0.3, -0.25) is 0 Å². The second kappa shape index (κ2) is 8.27. The predicted molar refractivity (Wildman–Crippen MR) is 130 cm³/mol. The fourth-order valence-corrected chi connectivity index (χ4v) is 4.72. The Morgan fingerprint density at radius 2 is 1.94 bits per heavy atom. The molecule has 0 amide bonds. The highest BCUT2D eigenvalue weighted by Gasteiger charge is 2.50. The van der Waals surface area contributed by atoms with Gasteiger partial charge in [-0.1, -0.05) is 63.3 Å². The number of carbonyl (C=O) groups excluding carboxylic acids is 1. The molecular weight excluding hydrogens is 396 g/mol. The van der Waals surface area contributed by atoms with Gasteiger partial charge in [0.2, 0.25) is 0 Å². The van der Waals surface area contributed by atoms with Crippen LogP contribution in [0.5, 0.6) is 5.75 Å². The van der Waals surface area contributed by atoms with Gasteiger partial charge in [0.25, 0.3) is 0 Å². The van der Waals surface area contributed by atoms with Crippen LogP contribution in [0.25, 0.3) is 11.1 Å². The zero-order chi connectivity index (χ0) is 23.1. The molecule has 3 heteroatoms. The van der Waals surface area contributed by atoms with E-state index in [4.69, 9.17) is 9.47 Å². The summed E-state index contributed by atoms with van der Waals surface area (Å²) in [4.78, 5) is 11.7. The van der Waals surface area contributed by atoms with Crippen LogP contribution in [0.3, 0.4) is 0 Å². The van der Waals surface area contributed by atoms with Crippen LogP contribution in [-0.2, 0) is 20.4 Å². The van der Waals surface area contributed by atoms with Crippen LogP contribution >= 0.6 is 0 Å². The first-order valence-electron chi connectivity index (χ1n) is 11.6. The van der Waals surface area contributed by atoms with Crippen LogP contribution < -0.4 is 4.74 Å². The summed E-state index contributed by atoms with van der Waals surface area (Å²) in [5.74, 6) is 1.20. The van der Waals surface area contributed by atoms with E-state index in [2.05, 4.69) is 76.2 Å². The molecule has 4 rings (SSSR count). The molecule has 0 aromatic heterocycles. The second-order valence-electron chi connectivity index (χ2n) is 10.1. The van der Waals surface area contributed by atoms with Gasteiger partial charge in [0.1, 0.15) is 5.75 Å². The van der Waals surface area contributed by atoms with Gasteiger partial charge in [0.05, 0.1) is 13.2 Å². The van der Waals surface area contributed by atoms with E-state index in [-0.39, 0.29) is 16.8 Å². The maximum absolute atomic E-state index is 11.7. The highest BCUT2D eigenvalue weighted by Crippen LogP contribution is 2.57. The van der Waals surface area contributed by atoms with Crippen LogP contribution in [-0.4, -0.2) is 19.2 Å². The van der Waals surface area contributed by atoms with Crippen LogP contribution in [0.1, 0.15) is 57.7 Å². The smallest absolute Gasteiger partial charge is 0.330 e. The quantitative estimate of drug-likeness (QED) is 0.291. The number of hydrogen-bond donors (Lipinski definition) is 0. The number of carbonyl (C=O) groups is 1. The van der Waals surface area contributed by atoms with E-state index in [1.54, 1.807) is 6.08 Å². The molecule has 2 aliphatic rings. The standard InChI is InChI=1S/C29H34O3/c1-7-31-26(30)14-19(2)12-13-21-17-29(21,6)22-15-24(23-11-9-8-10-20(23)3)27-25(16-22)28(4,5)18-32-27/h8-16,21H,7,17-18H2,1-6H3/t21-,29+/m1/s1. The molecule has 32 heavy (non-hydrogen) atoms. The van der Waals surface area contributed by atoms with Crippen molar-refractivity contribution in [1.29, 1.82) is 0 Å². The van der Waals surface area contributed by atoms with Crippen molar-refractivity contribution in [2.75, 3.05) is 13.2 Å². The Morgan fingerprint density at radius 1 is 1.19 bits per heavy atom. The summed E-state index contributed by atoms with van der Waals surface area (Å²) in [7, 11) is 0. The van der Waals surface area contributed by atoms with Crippen LogP contribution in [0.4, 0.5) is 0 Å². The van der Waals surface area contributed by atoms with Crippen molar-refractivity contribution in [3.63, 3.8) is 0 Å². The van der Waals surface area contributed by atoms with Crippen molar-refractivity contribution < 1.29 is 14.3 Å². The number of benzene rings is 2. The third kappa shape index (κ3) is 4.13. The zero-order valence-corrected chi connectivity index (χ0v) is 20.1. The van der Waals surface area contributed by atoms with Gasteiger partial charge in [0, 0.05) is 22.6 Å². The fourth-order valence-electron chi connectivity index (χ4n) is 4.72. The summed E-state index contributed by atoms with van der Waals surface area (Å²) in [5, 5.41) is 0. The van der Waals surface area contributed by atoms with Gasteiger partial charge in [-0.2, -0.15) is 0 Å². The summed E-state index contributed by atoms with van der Waals surface area (Å²) in [6.07, 6.45) is 6.96. The molecule has 1 aliphatic carbocycles. The first kappa shape index (κ1) is 22.4. The molecule has 0 saturated heterocycles. The molecule has 3 nitrogen and oxygen atoms in total. The third-order valence-electron chi connectivity index (χ3n) is 7.02. The van der Waals surface area contributed by atoms with Crippen LogP contribution in [0.2, 0.25) is 0 Å². The first-order chi connectivity index (χ1) is 15.2. The lowest BCUT2D eigenvalue weighted by Crippen LogP contribution is -2.18. The molecule has 1 saturated carbocycles. The molecule has 0 spiro atoms. The number of aryl methyl sites for hydroxylation is 1. The van der Waals surface area contributed by atoms with Crippen LogP contribution in [0, 0.1) is 12.8 Å². The normalized spacial score (nSPS) is 23.7. The molecule has 1 heterocycles. The minimum Gasteiger partial charge on any atom is -0.492 e. The Bertz CT molecular complexity index is 1110. The minimum absolute atomic E-state index is 0.00166. The lowest BCUT2D eigenvalue weighted by molar-refractivity contribution is -0.137. The summed E-state index contributed by atoms with van der Waals surface area (Å²) in [5.41, 5.74) is 7.39. The zero-order valence-electron chi connectivity index (χ0n) is 20.1. The van der Waals surface area contributed by atoms with E-state index >= 15 is 0 Å². The average Bonchev–Trinajstić information content (AvgIpc) is 3.31. The number of ether oxygens (including phenoxy) is 2. The molecule has 2 atom stereocenters. The highest BCUT2D eigenvalue weighted by atomic mass is 16.5. The fraction of sp³-hybridized carbons (Fsp3) is 0.414. The van der Waals surface area contributed by atoms with Crippen molar-refractivity contribution in [3.05, 3.63) is 76.9 Å². The van der Waals surface area contributed by atoms with Gasteiger partial charge in [0.15, 0.2) is 0 Å². The predicted octanol–water partition coefficient (Wildman–Crippen LogP) is 6.68. The lowest BCUT2D eigenvalue weighted by Gasteiger charge is -2.21. The minimum atomic E-state index is -0.281. The van der Waals surface area contributed by atoms with E-state index in [1.165, 1.54) is 27.8 Å². The van der Waals surface area contributed by atoms with Gasteiger partial charge < -0.3 is 9.47 Å². The van der Waals surface area contributed by atoms with E-state index in [9.17, 15) is 4.79 Å². The number of hydrogen-bond acceptors (Lipinski definition) is 3. The molecule has 2 aromatic carbocycles. The van der Waals surface area contributed by atoms with Gasteiger partial charge in [-0.05, 0) is 66.9 Å². The van der Waals surface area contributed by atoms with Crippen molar-refractivity contribution >= 4 is 5.97 Å². The summed E-state index contributed by atoms with van der Waals surface area (Å²) >= 11 is 0. The van der Waals surface area contributed by atoms with E-state index < -0.39 is 0 Å². The third-order valence-corrected chi connectivity index (χ3v) is 7.02. The lowest BCUT2D eigenvalue weighted by atomic mass is 9.81. The van der Waals surface area contributed by atoms with Gasteiger partial charge in [-0.25, -0.2) is 4.79 Å². The Labute approximate surface area is 192 Å². The molecule has 2 aromatic rings. The second-order valence-corrected chi connectivity index (χ2v) is 10.1. The Hall–Kier alpha value is -2.81. The van der Waals surface area contributed by atoms with Gasteiger partial charge >= 0.3 is 5.97 Å². The summed E-state index contributed by atoms with van der Waals surface area (Å²) in [6, 6.07) is 13.3. The largest absolute Gasteiger partial charge is 0.492 e. The van der Waals surface area contributed by atoms with Crippen molar-refractivity contribution in [1.82, 2.24) is 0 Å². The van der Waals surface area contributed by atoms with Crippen molar-refractivity contribution in [3.8, 4) is 16.9 Å². The summed E-state index contributed by atoms with van der Waals surface area (Å²) in [6.45, 7) is 13.9. The SMILES string of the molecule is CCOC(=O)C=C(C)C=C[C@@H]1C[C@]1(C)c1cc(-c2ccccc2C)c2c(c1)C(C)(C)CO2. The molecule has 0 bridgehead atoms. The van der Waals surface area contributed by atoms with E-state index in [0.29, 0.717) is 19.1 Å². The van der Waals surface area contributed by atoms with Gasteiger partial charge in [-0.15, -0.1) is 0 Å². The Kier molecular flexibility index (Phi) is 5.79. The van der Waals surface area contributed by atoms with Crippen LogP contribution in [0.15, 0.2) is 60.2 Å². The maximum atomic E-state index is 11.7. The number of rotatable bonds is 6. The number of fused-ring (bicyclic) bond motifs is 1. The maximum Gasteiger partial charge on any atom is 0.330 e. The molecule has 0 N–H and O–H groups in total. The molecule has 0 radical (unpaired) electrons. The molecule has 0 unspecified atom stereocenters. The van der Waals surface area contributed by atoms with E-state index in [0.717, 1.165) is 17.7 Å².